The minimum Gasteiger partial charge on any atom is -0.333 e. The number of aromatic nitrogens is 1. The minimum absolute atomic E-state index is 0.00298. The van der Waals surface area contributed by atoms with Crippen LogP contribution in [0.3, 0.4) is 0 Å². The van der Waals surface area contributed by atoms with Crippen LogP contribution < -0.4 is 10.6 Å². The van der Waals surface area contributed by atoms with Gasteiger partial charge in [-0.25, -0.2) is 0 Å². The lowest BCUT2D eigenvalue weighted by Crippen LogP contribution is -2.38. The summed E-state index contributed by atoms with van der Waals surface area (Å²) in [5, 5.41) is 0. The van der Waals surface area contributed by atoms with E-state index in [0.29, 0.717) is 44.8 Å². The summed E-state index contributed by atoms with van der Waals surface area (Å²) in [5.41, 5.74) is 10.2. The first-order valence-electron chi connectivity index (χ1n) is 12.1. The zero-order valence-electron chi connectivity index (χ0n) is 20.3. The van der Waals surface area contributed by atoms with E-state index in [0.717, 1.165) is 35.5 Å². The molecular formula is C28H33N5O2. The van der Waals surface area contributed by atoms with Crippen molar-refractivity contribution in [2.75, 3.05) is 31.1 Å². The molecule has 4 rings (SSSR count). The Morgan fingerprint density at radius 2 is 1.69 bits per heavy atom. The highest BCUT2D eigenvalue weighted by Gasteiger charge is 2.23. The molecule has 0 unspecified atom stereocenters. The number of nitrogens with two attached hydrogens (primary N) is 1. The third-order valence-corrected chi connectivity index (χ3v) is 6.40. The first-order valence-corrected chi connectivity index (χ1v) is 12.1. The second-order valence-electron chi connectivity index (χ2n) is 8.88. The number of benzene rings is 2. The van der Waals surface area contributed by atoms with Crippen molar-refractivity contribution in [3.63, 3.8) is 0 Å². The summed E-state index contributed by atoms with van der Waals surface area (Å²) >= 11 is 0. The third kappa shape index (κ3) is 6.32. The van der Waals surface area contributed by atoms with Crippen molar-refractivity contribution < 1.29 is 9.59 Å². The highest BCUT2D eigenvalue weighted by molar-refractivity contribution is 5.95. The van der Waals surface area contributed by atoms with Crippen LogP contribution >= 0.6 is 0 Å². The minimum atomic E-state index is -0.0326. The van der Waals surface area contributed by atoms with Gasteiger partial charge in [0.25, 0.3) is 5.91 Å². The van der Waals surface area contributed by atoms with Gasteiger partial charge in [-0.3, -0.25) is 19.5 Å². The number of pyridine rings is 1. The Balaban J connectivity index is 1.65. The molecule has 1 aliphatic rings. The average molecular weight is 472 g/mol. The molecule has 0 atom stereocenters. The van der Waals surface area contributed by atoms with E-state index in [9.17, 15) is 9.59 Å². The fourth-order valence-corrected chi connectivity index (χ4v) is 4.48. The van der Waals surface area contributed by atoms with Crippen LogP contribution in [0.1, 0.15) is 40.5 Å². The quantitative estimate of drug-likeness (QED) is 0.630. The summed E-state index contributed by atoms with van der Waals surface area (Å²) in [6, 6.07) is 21.3. The molecule has 1 aromatic heterocycles. The standard InChI is InChI=1S/C28H33N5O2/c1-22(34)33-16-6-15-31(21-26-8-4-5-14-30-26)17-18-32(20-25-7-2-3-9-27(25)33)28(35)24-12-10-23(19-29)11-13-24/h2-5,7-14H,6,15-21,29H2,1H3. The van der Waals surface area contributed by atoms with Crippen molar-refractivity contribution in [1.29, 1.82) is 0 Å². The Kier molecular flexibility index (Phi) is 8.23. The lowest BCUT2D eigenvalue weighted by molar-refractivity contribution is -0.116. The highest BCUT2D eigenvalue weighted by atomic mass is 16.2. The van der Waals surface area contributed by atoms with Gasteiger partial charge >= 0.3 is 0 Å². The number of amides is 2. The van der Waals surface area contributed by atoms with Crippen LogP contribution in [-0.4, -0.2) is 52.8 Å². The lowest BCUT2D eigenvalue weighted by atomic mass is 10.1. The molecule has 0 saturated carbocycles. The zero-order chi connectivity index (χ0) is 24.6. The van der Waals surface area contributed by atoms with Crippen LogP contribution in [-0.2, 0) is 24.4 Å². The molecule has 0 saturated heterocycles. The molecule has 0 fully saturated rings. The number of fused-ring (bicyclic) bond motifs is 1. The average Bonchev–Trinajstić information content (AvgIpc) is 2.92. The third-order valence-electron chi connectivity index (χ3n) is 6.40. The van der Waals surface area contributed by atoms with Crippen molar-refractivity contribution in [3.05, 3.63) is 95.3 Å². The number of hydrogen-bond acceptors (Lipinski definition) is 5. The molecule has 182 valence electrons. The maximum atomic E-state index is 13.6. The number of carbonyl (C=O) groups excluding carboxylic acids is 2. The number of hydrogen-bond donors (Lipinski definition) is 1. The second kappa shape index (κ2) is 11.7. The lowest BCUT2D eigenvalue weighted by Gasteiger charge is -2.28. The van der Waals surface area contributed by atoms with Crippen molar-refractivity contribution >= 4 is 17.5 Å². The summed E-state index contributed by atoms with van der Waals surface area (Å²) in [6.07, 6.45) is 2.63. The van der Waals surface area contributed by atoms with Crippen LogP contribution in [0.2, 0.25) is 0 Å². The summed E-state index contributed by atoms with van der Waals surface area (Å²) in [4.78, 5) is 36.7. The fraction of sp³-hybridized carbons (Fsp3) is 0.321. The maximum Gasteiger partial charge on any atom is 0.254 e. The van der Waals surface area contributed by atoms with Gasteiger partial charge in [0.15, 0.2) is 0 Å². The Morgan fingerprint density at radius 1 is 0.914 bits per heavy atom. The fourth-order valence-electron chi connectivity index (χ4n) is 4.48. The number of anilines is 1. The summed E-state index contributed by atoms with van der Waals surface area (Å²) < 4.78 is 0. The molecule has 0 aliphatic carbocycles. The van der Waals surface area contributed by atoms with E-state index in [1.807, 2.05) is 76.5 Å². The largest absolute Gasteiger partial charge is 0.333 e. The normalized spacial score (nSPS) is 15.3. The molecule has 2 aromatic carbocycles. The maximum absolute atomic E-state index is 13.6. The van der Waals surface area contributed by atoms with Crippen molar-refractivity contribution in [2.45, 2.75) is 33.0 Å². The number of carbonyl (C=O) groups is 2. The molecule has 35 heavy (non-hydrogen) atoms. The van der Waals surface area contributed by atoms with E-state index in [1.165, 1.54) is 0 Å². The Morgan fingerprint density at radius 3 is 2.40 bits per heavy atom. The SMILES string of the molecule is CC(=O)N1CCCN(Cc2ccccn2)CCN(C(=O)c2ccc(CN)cc2)Cc2ccccc21. The topological polar surface area (TPSA) is 82.8 Å². The molecule has 7 nitrogen and oxygen atoms in total. The van der Waals surface area contributed by atoms with Gasteiger partial charge in [-0.05, 0) is 47.9 Å². The molecule has 2 heterocycles. The number of nitrogens with zero attached hydrogens (tertiary/aromatic N) is 4. The van der Waals surface area contributed by atoms with Gasteiger partial charge in [0, 0.05) is 70.2 Å². The molecule has 0 spiro atoms. The van der Waals surface area contributed by atoms with E-state index in [1.54, 1.807) is 13.1 Å². The van der Waals surface area contributed by atoms with Gasteiger partial charge in [0.05, 0.1) is 5.69 Å². The Hall–Kier alpha value is -3.55. The van der Waals surface area contributed by atoms with Crippen LogP contribution in [0, 0.1) is 0 Å². The molecule has 7 heteroatoms. The van der Waals surface area contributed by atoms with Crippen LogP contribution in [0.4, 0.5) is 5.69 Å². The van der Waals surface area contributed by atoms with Gasteiger partial charge in [-0.15, -0.1) is 0 Å². The molecule has 0 bridgehead atoms. The summed E-state index contributed by atoms with van der Waals surface area (Å²) in [6.45, 7) is 5.87. The smallest absolute Gasteiger partial charge is 0.254 e. The van der Waals surface area contributed by atoms with Crippen molar-refractivity contribution in [2.24, 2.45) is 5.73 Å². The van der Waals surface area contributed by atoms with Gasteiger partial charge in [0.1, 0.15) is 0 Å². The number of rotatable bonds is 4. The summed E-state index contributed by atoms with van der Waals surface area (Å²) in [7, 11) is 0. The molecule has 2 amide bonds. The van der Waals surface area contributed by atoms with E-state index in [-0.39, 0.29) is 11.8 Å². The van der Waals surface area contributed by atoms with Gasteiger partial charge in [-0.1, -0.05) is 36.4 Å². The highest BCUT2D eigenvalue weighted by Crippen LogP contribution is 2.24. The van der Waals surface area contributed by atoms with Crippen LogP contribution in [0.5, 0.6) is 0 Å². The number of para-hydroxylation sites is 1. The van der Waals surface area contributed by atoms with Crippen molar-refractivity contribution in [3.8, 4) is 0 Å². The molecule has 2 N–H and O–H groups in total. The van der Waals surface area contributed by atoms with Crippen LogP contribution in [0.15, 0.2) is 72.9 Å². The first kappa shape index (κ1) is 24.6. The van der Waals surface area contributed by atoms with Crippen molar-refractivity contribution in [1.82, 2.24) is 14.8 Å². The van der Waals surface area contributed by atoms with Crippen LogP contribution in [0.25, 0.3) is 0 Å². The van der Waals surface area contributed by atoms with E-state index in [4.69, 9.17) is 5.73 Å². The Labute approximate surface area is 207 Å². The Bertz CT molecular complexity index is 1130. The monoisotopic (exact) mass is 471 g/mol. The molecule has 1 aliphatic heterocycles. The predicted octanol–water partition coefficient (Wildman–Crippen LogP) is 3.44. The first-order chi connectivity index (χ1) is 17.0. The predicted molar refractivity (Wildman–Crippen MR) is 138 cm³/mol. The van der Waals surface area contributed by atoms with E-state index in [2.05, 4.69) is 9.88 Å². The second-order valence-corrected chi connectivity index (χ2v) is 8.88. The van der Waals surface area contributed by atoms with Gasteiger partial charge in [-0.2, -0.15) is 0 Å². The molecule has 3 aromatic rings. The summed E-state index contributed by atoms with van der Waals surface area (Å²) in [5.74, 6) is -0.0296. The van der Waals surface area contributed by atoms with Gasteiger partial charge in [0.2, 0.25) is 5.91 Å². The van der Waals surface area contributed by atoms with E-state index >= 15 is 0 Å². The zero-order valence-corrected chi connectivity index (χ0v) is 20.3. The van der Waals surface area contributed by atoms with E-state index < -0.39 is 0 Å². The molecular weight excluding hydrogens is 438 g/mol. The molecule has 0 radical (unpaired) electrons. The van der Waals surface area contributed by atoms with Gasteiger partial charge < -0.3 is 15.5 Å².